The molecule has 0 radical (unpaired) electrons. The summed E-state index contributed by atoms with van der Waals surface area (Å²) in [5, 5.41) is 5.36. The molecule has 3 nitrogen and oxygen atoms in total. The first-order chi connectivity index (χ1) is 19.0. The highest BCUT2D eigenvalue weighted by Crippen LogP contribution is 2.48. The normalized spacial score (nSPS) is 15.7. The predicted octanol–water partition coefficient (Wildman–Crippen LogP) is 7.01. The van der Waals surface area contributed by atoms with Gasteiger partial charge in [0.25, 0.3) is 0 Å². The molecule has 0 fully saturated rings. The van der Waals surface area contributed by atoms with Crippen LogP contribution in [0.4, 0.5) is 0 Å². The molecule has 192 valence electrons. The van der Waals surface area contributed by atoms with Gasteiger partial charge < -0.3 is 14.2 Å². The van der Waals surface area contributed by atoms with Gasteiger partial charge in [-0.25, -0.2) is 0 Å². The van der Waals surface area contributed by atoms with Crippen molar-refractivity contribution in [2.75, 3.05) is 14.2 Å². The van der Waals surface area contributed by atoms with E-state index in [0.29, 0.717) is 0 Å². The first-order valence-electron chi connectivity index (χ1n) is 13.3. The molecule has 0 saturated carbocycles. The van der Waals surface area contributed by atoms with E-state index in [-0.39, 0.29) is 0 Å². The van der Waals surface area contributed by atoms with Crippen LogP contribution in [0.2, 0.25) is 13.1 Å². The van der Waals surface area contributed by atoms with Crippen molar-refractivity contribution in [1.29, 1.82) is 0 Å². The van der Waals surface area contributed by atoms with Crippen LogP contribution in [0, 0.1) is 0 Å². The predicted molar refractivity (Wildman–Crippen MR) is 163 cm³/mol. The Kier molecular flexibility index (Phi) is 5.26. The van der Waals surface area contributed by atoms with Crippen molar-refractivity contribution in [2.24, 2.45) is 0 Å². The maximum atomic E-state index is 7.32. The minimum absolute atomic E-state index is 0.806. The maximum absolute atomic E-state index is 7.32. The van der Waals surface area contributed by atoms with E-state index in [1.165, 1.54) is 32.5 Å². The highest BCUT2D eigenvalue weighted by Gasteiger charge is 2.45. The first kappa shape index (κ1) is 23.8. The largest absolute Gasteiger partial charge is 0.497 e. The zero-order valence-corrected chi connectivity index (χ0v) is 23.6. The van der Waals surface area contributed by atoms with Crippen LogP contribution < -0.4 is 24.6 Å². The molecule has 2 aliphatic rings. The van der Waals surface area contributed by atoms with Gasteiger partial charge in [0.1, 0.15) is 25.3 Å². The van der Waals surface area contributed by atoms with E-state index in [1.807, 2.05) is 24.3 Å². The minimum atomic E-state index is -1.97. The van der Waals surface area contributed by atoms with E-state index in [4.69, 9.17) is 14.2 Å². The third kappa shape index (κ3) is 3.34. The molecule has 0 bridgehead atoms. The SMILES string of the molecule is COc1ccc(C2(c3ccc(OC)cc3)C=Cc3c4c(c5ccccc5c3O2)-c2ccccc2[Si]4(C)C)cc1. The van der Waals surface area contributed by atoms with Crippen LogP contribution in [0.3, 0.4) is 0 Å². The number of fused-ring (bicyclic) bond motifs is 8. The fourth-order valence-corrected chi connectivity index (χ4v) is 9.98. The first-order valence-corrected chi connectivity index (χ1v) is 16.3. The summed E-state index contributed by atoms with van der Waals surface area (Å²) in [6, 6.07) is 34.1. The summed E-state index contributed by atoms with van der Waals surface area (Å²) in [7, 11) is 1.41. The number of benzene rings is 5. The van der Waals surface area contributed by atoms with Gasteiger partial charge in [-0.3, -0.25) is 0 Å². The van der Waals surface area contributed by atoms with Gasteiger partial charge >= 0.3 is 0 Å². The second-order valence-electron chi connectivity index (χ2n) is 10.8. The van der Waals surface area contributed by atoms with Crippen LogP contribution in [-0.4, -0.2) is 22.3 Å². The Balaban J connectivity index is 1.52. The van der Waals surface area contributed by atoms with E-state index >= 15 is 0 Å². The third-order valence-electron chi connectivity index (χ3n) is 8.49. The van der Waals surface area contributed by atoms with Crippen LogP contribution >= 0.6 is 0 Å². The van der Waals surface area contributed by atoms with E-state index in [0.717, 1.165) is 33.8 Å². The summed E-state index contributed by atoms with van der Waals surface area (Å²) >= 11 is 0. The Morgan fingerprint density at radius 3 is 1.85 bits per heavy atom. The average molecular weight is 527 g/mol. The molecule has 39 heavy (non-hydrogen) atoms. The molecule has 5 aromatic carbocycles. The maximum Gasteiger partial charge on any atom is 0.178 e. The fraction of sp³-hybridized carbons (Fsp3) is 0.143. The molecule has 7 rings (SSSR count). The third-order valence-corrected chi connectivity index (χ3v) is 12.0. The highest BCUT2D eigenvalue weighted by molar-refractivity contribution is 7.04. The molecule has 0 unspecified atom stereocenters. The van der Waals surface area contributed by atoms with Gasteiger partial charge in [-0.15, -0.1) is 0 Å². The number of ether oxygens (including phenoxy) is 3. The Morgan fingerprint density at radius 2 is 1.23 bits per heavy atom. The second-order valence-corrected chi connectivity index (χ2v) is 15.1. The number of rotatable bonds is 4. The molecule has 2 heterocycles. The molecule has 0 atom stereocenters. The van der Waals surface area contributed by atoms with Crippen LogP contribution in [0.1, 0.15) is 16.7 Å². The van der Waals surface area contributed by atoms with E-state index in [9.17, 15) is 0 Å². The average Bonchev–Trinajstić information content (AvgIpc) is 3.24. The van der Waals surface area contributed by atoms with Crippen LogP contribution in [0.5, 0.6) is 17.2 Å². The summed E-state index contributed by atoms with van der Waals surface area (Å²) in [6.07, 6.45) is 4.56. The van der Waals surface area contributed by atoms with Gasteiger partial charge in [0, 0.05) is 22.1 Å². The molecule has 0 amide bonds. The zero-order chi connectivity index (χ0) is 26.8. The molecule has 0 aromatic heterocycles. The van der Waals surface area contributed by atoms with E-state index in [1.54, 1.807) is 14.2 Å². The van der Waals surface area contributed by atoms with Gasteiger partial charge in [-0.2, -0.15) is 0 Å². The smallest absolute Gasteiger partial charge is 0.178 e. The number of hydrogen-bond acceptors (Lipinski definition) is 3. The highest BCUT2D eigenvalue weighted by atomic mass is 28.3. The van der Waals surface area contributed by atoms with Gasteiger partial charge in [-0.1, -0.05) is 92.0 Å². The number of hydrogen-bond donors (Lipinski definition) is 0. The minimum Gasteiger partial charge on any atom is -0.497 e. The van der Waals surface area contributed by atoms with E-state index < -0.39 is 13.7 Å². The monoisotopic (exact) mass is 526 g/mol. The van der Waals surface area contributed by atoms with Gasteiger partial charge in [0.2, 0.25) is 0 Å². The van der Waals surface area contributed by atoms with Crippen molar-refractivity contribution in [3.8, 4) is 28.4 Å². The standard InChI is InChI=1S/C35H30O3Si/c1-36-25-17-13-23(14-18-25)35(24-15-19-26(37-2)20-16-24)22-21-30-33(38-35)28-10-6-5-9-27(28)32-29-11-7-8-12-31(29)39(3,4)34(30)32/h5-22H,1-4H3. The summed E-state index contributed by atoms with van der Waals surface area (Å²) < 4.78 is 18.3. The summed E-state index contributed by atoms with van der Waals surface area (Å²) in [4.78, 5) is 0. The van der Waals surface area contributed by atoms with E-state index in [2.05, 4.69) is 98.0 Å². The van der Waals surface area contributed by atoms with Gasteiger partial charge in [0.15, 0.2) is 5.60 Å². The second kappa shape index (κ2) is 8.62. The summed E-state index contributed by atoms with van der Waals surface area (Å²) in [5.41, 5.74) is 5.25. The Morgan fingerprint density at radius 1 is 0.667 bits per heavy atom. The van der Waals surface area contributed by atoms with Crippen LogP contribution in [-0.2, 0) is 5.60 Å². The topological polar surface area (TPSA) is 27.7 Å². The molecular weight excluding hydrogens is 496 g/mol. The molecule has 2 aliphatic heterocycles. The van der Waals surface area contributed by atoms with Crippen LogP contribution in [0.25, 0.3) is 28.0 Å². The Labute approximate surface area is 230 Å². The molecule has 5 aromatic rings. The molecule has 0 spiro atoms. The lowest BCUT2D eigenvalue weighted by molar-refractivity contribution is 0.163. The lowest BCUT2D eigenvalue weighted by Gasteiger charge is -2.38. The molecule has 4 heteroatoms. The van der Waals surface area contributed by atoms with Gasteiger partial charge in [-0.05, 0) is 57.2 Å². The molecule has 0 saturated heterocycles. The quantitative estimate of drug-likeness (QED) is 0.236. The molecular formula is C35H30O3Si. The summed E-state index contributed by atoms with van der Waals surface area (Å²) in [6.45, 7) is 4.94. The van der Waals surface area contributed by atoms with Crippen LogP contribution in [0.15, 0.2) is 103 Å². The molecule has 0 N–H and O–H groups in total. The van der Waals surface area contributed by atoms with Crippen molar-refractivity contribution < 1.29 is 14.2 Å². The number of methoxy groups -OCH3 is 2. The van der Waals surface area contributed by atoms with Crippen molar-refractivity contribution >= 4 is 35.3 Å². The summed E-state index contributed by atoms with van der Waals surface area (Å²) in [5.74, 6) is 2.59. The van der Waals surface area contributed by atoms with Crippen molar-refractivity contribution in [2.45, 2.75) is 18.7 Å². The van der Waals surface area contributed by atoms with Gasteiger partial charge in [0.05, 0.1) is 14.2 Å². The lowest BCUT2D eigenvalue weighted by Crippen LogP contribution is -2.51. The Hall–Kier alpha value is -4.28. The van der Waals surface area contributed by atoms with Crippen molar-refractivity contribution in [3.05, 3.63) is 120 Å². The lowest BCUT2D eigenvalue weighted by atomic mass is 9.82. The fourth-order valence-electron chi connectivity index (χ4n) is 6.56. The zero-order valence-electron chi connectivity index (χ0n) is 22.6. The van der Waals surface area contributed by atoms with Crippen molar-refractivity contribution in [3.63, 3.8) is 0 Å². The Bertz CT molecular complexity index is 1720. The molecule has 0 aliphatic carbocycles. The van der Waals surface area contributed by atoms with Crippen molar-refractivity contribution in [1.82, 2.24) is 0 Å².